The van der Waals surface area contributed by atoms with Gasteiger partial charge >= 0.3 is 6.18 Å². The Morgan fingerprint density at radius 3 is 2.60 bits per heavy atom. The van der Waals surface area contributed by atoms with E-state index in [1.54, 1.807) is 6.92 Å². The molecule has 1 N–H and O–H groups in total. The molecule has 1 aromatic heterocycles. The first-order valence-electron chi connectivity index (χ1n) is 4.26. The number of aromatic nitrogens is 2. The Morgan fingerprint density at radius 1 is 1.60 bits per heavy atom. The predicted octanol–water partition coefficient (Wildman–Crippen LogP) is 1.51. The van der Waals surface area contributed by atoms with Crippen molar-refractivity contribution in [2.45, 2.75) is 25.7 Å². The van der Waals surface area contributed by atoms with Gasteiger partial charge in [0.2, 0.25) is 0 Å². The third-order valence-electron chi connectivity index (χ3n) is 1.93. The summed E-state index contributed by atoms with van der Waals surface area (Å²) in [5.41, 5.74) is -0.368. The minimum atomic E-state index is -4.72. The third-order valence-corrected chi connectivity index (χ3v) is 1.93. The molecule has 0 bridgehead atoms. The molecule has 0 spiro atoms. The van der Waals surface area contributed by atoms with Crippen LogP contribution in [0.3, 0.4) is 0 Å². The molecule has 1 heterocycles. The molecule has 0 amide bonds. The number of hydrogen-bond acceptors (Lipinski definition) is 3. The molecule has 4 nitrogen and oxygen atoms in total. The monoisotopic (exact) mass is 224 g/mol. The number of rotatable bonds is 3. The second kappa shape index (κ2) is 4.09. The summed E-state index contributed by atoms with van der Waals surface area (Å²) in [7, 11) is 1.23. The second-order valence-electron chi connectivity index (χ2n) is 2.86. The molecule has 0 saturated carbocycles. The molecule has 0 aliphatic rings. The highest BCUT2D eigenvalue weighted by Gasteiger charge is 2.43. The molecule has 1 aromatic rings. The lowest BCUT2D eigenvalue weighted by Gasteiger charge is -2.16. The first kappa shape index (κ1) is 11.8. The van der Waals surface area contributed by atoms with Crippen molar-refractivity contribution in [2.24, 2.45) is 0 Å². The van der Waals surface area contributed by atoms with E-state index >= 15 is 0 Å². The number of ether oxygens (including phenoxy) is 1. The van der Waals surface area contributed by atoms with Gasteiger partial charge in [-0.15, -0.1) is 0 Å². The Bertz CT molecular complexity index is 314. The van der Waals surface area contributed by atoms with Crippen LogP contribution >= 0.6 is 0 Å². The molecule has 0 radical (unpaired) electrons. The maximum Gasteiger partial charge on any atom is 0.420 e. The van der Waals surface area contributed by atoms with Gasteiger partial charge in [0.25, 0.3) is 0 Å². The first-order valence-corrected chi connectivity index (χ1v) is 4.26. The highest BCUT2D eigenvalue weighted by Crippen LogP contribution is 2.36. The van der Waals surface area contributed by atoms with Crippen LogP contribution in [-0.4, -0.2) is 28.2 Å². The third kappa shape index (κ3) is 2.23. The number of alkyl halides is 3. The SMILES string of the molecule is CCn1ncc(OC)c1C(O)C(F)(F)F. The summed E-state index contributed by atoms with van der Waals surface area (Å²) in [6.45, 7) is 1.85. The van der Waals surface area contributed by atoms with Gasteiger partial charge in [0.15, 0.2) is 11.9 Å². The summed E-state index contributed by atoms with van der Waals surface area (Å²) >= 11 is 0. The molecule has 1 unspecified atom stereocenters. The molecule has 15 heavy (non-hydrogen) atoms. The quantitative estimate of drug-likeness (QED) is 0.846. The highest BCUT2D eigenvalue weighted by atomic mass is 19.4. The van der Waals surface area contributed by atoms with E-state index in [1.165, 1.54) is 7.11 Å². The zero-order chi connectivity index (χ0) is 11.6. The average Bonchev–Trinajstić information content (AvgIpc) is 2.57. The molecule has 0 aliphatic heterocycles. The fraction of sp³-hybridized carbons (Fsp3) is 0.625. The average molecular weight is 224 g/mol. The highest BCUT2D eigenvalue weighted by molar-refractivity contribution is 5.28. The van der Waals surface area contributed by atoms with Gasteiger partial charge in [0, 0.05) is 6.54 Å². The van der Waals surface area contributed by atoms with Crippen LogP contribution < -0.4 is 4.74 Å². The number of hydrogen-bond donors (Lipinski definition) is 1. The molecule has 0 saturated heterocycles. The number of aliphatic hydroxyl groups excluding tert-OH is 1. The Hall–Kier alpha value is -1.24. The predicted molar refractivity (Wildman–Crippen MR) is 45.5 cm³/mol. The van der Waals surface area contributed by atoms with Crippen LogP contribution in [0.5, 0.6) is 5.75 Å². The first-order chi connectivity index (χ1) is 6.91. The van der Waals surface area contributed by atoms with Gasteiger partial charge in [-0.25, -0.2) is 0 Å². The fourth-order valence-corrected chi connectivity index (χ4v) is 1.22. The van der Waals surface area contributed by atoms with E-state index in [0.29, 0.717) is 0 Å². The molecule has 7 heteroatoms. The van der Waals surface area contributed by atoms with Crippen molar-refractivity contribution in [3.63, 3.8) is 0 Å². The van der Waals surface area contributed by atoms with Crippen molar-refractivity contribution in [3.8, 4) is 5.75 Å². The fourth-order valence-electron chi connectivity index (χ4n) is 1.22. The summed E-state index contributed by atoms with van der Waals surface area (Å²) in [6.07, 6.45) is -6.15. The molecule has 1 rings (SSSR count). The summed E-state index contributed by atoms with van der Waals surface area (Å²) in [5, 5.41) is 12.8. The summed E-state index contributed by atoms with van der Waals surface area (Å²) < 4.78 is 42.6. The topological polar surface area (TPSA) is 47.3 Å². The van der Waals surface area contributed by atoms with E-state index in [-0.39, 0.29) is 18.0 Å². The van der Waals surface area contributed by atoms with Crippen LogP contribution in [0.25, 0.3) is 0 Å². The normalized spacial score (nSPS) is 14.0. The van der Waals surface area contributed by atoms with E-state index in [4.69, 9.17) is 9.84 Å². The van der Waals surface area contributed by atoms with Crippen LogP contribution in [-0.2, 0) is 6.54 Å². The number of aryl methyl sites for hydroxylation is 1. The zero-order valence-electron chi connectivity index (χ0n) is 8.25. The van der Waals surface area contributed by atoms with Gasteiger partial charge in [-0.1, -0.05) is 0 Å². The van der Waals surface area contributed by atoms with Gasteiger partial charge in [-0.05, 0) is 6.92 Å². The number of halogens is 3. The van der Waals surface area contributed by atoms with Crippen LogP contribution in [0.4, 0.5) is 13.2 Å². The standard InChI is InChI=1S/C8H11F3N2O2/c1-3-13-6(5(15-2)4-12-13)7(14)8(9,10)11/h4,7,14H,3H2,1-2H3. The summed E-state index contributed by atoms with van der Waals surface area (Å²) in [4.78, 5) is 0. The van der Waals surface area contributed by atoms with Crippen molar-refractivity contribution >= 4 is 0 Å². The Morgan fingerprint density at radius 2 is 2.20 bits per heavy atom. The van der Waals surface area contributed by atoms with Crippen LogP contribution in [0.1, 0.15) is 18.7 Å². The minimum absolute atomic E-state index is 0.0679. The minimum Gasteiger partial charge on any atom is -0.493 e. The van der Waals surface area contributed by atoms with E-state index in [0.717, 1.165) is 10.9 Å². The van der Waals surface area contributed by atoms with Crippen LogP contribution in [0, 0.1) is 0 Å². The zero-order valence-corrected chi connectivity index (χ0v) is 8.25. The number of nitrogens with zero attached hydrogens (tertiary/aromatic N) is 2. The molecular formula is C8H11F3N2O2. The second-order valence-corrected chi connectivity index (χ2v) is 2.86. The lowest BCUT2D eigenvalue weighted by atomic mass is 10.2. The lowest BCUT2D eigenvalue weighted by molar-refractivity contribution is -0.209. The molecule has 0 fully saturated rings. The van der Waals surface area contributed by atoms with Crippen molar-refractivity contribution in [2.75, 3.05) is 7.11 Å². The molecule has 86 valence electrons. The van der Waals surface area contributed by atoms with Gasteiger partial charge in [-0.2, -0.15) is 18.3 Å². The smallest absolute Gasteiger partial charge is 0.420 e. The van der Waals surface area contributed by atoms with E-state index in [1.807, 2.05) is 0 Å². The van der Waals surface area contributed by atoms with E-state index < -0.39 is 12.3 Å². The Balaban J connectivity index is 3.15. The van der Waals surface area contributed by atoms with Crippen molar-refractivity contribution in [3.05, 3.63) is 11.9 Å². The van der Waals surface area contributed by atoms with E-state index in [9.17, 15) is 13.2 Å². The van der Waals surface area contributed by atoms with Crippen molar-refractivity contribution < 1.29 is 23.0 Å². The van der Waals surface area contributed by atoms with Gasteiger partial charge in [0.05, 0.1) is 13.3 Å². The Kier molecular flexibility index (Phi) is 3.23. The largest absolute Gasteiger partial charge is 0.493 e. The summed E-state index contributed by atoms with van der Waals surface area (Å²) in [5.74, 6) is -0.0679. The molecule has 1 atom stereocenters. The van der Waals surface area contributed by atoms with Gasteiger partial charge < -0.3 is 9.84 Å². The molecular weight excluding hydrogens is 213 g/mol. The lowest BCUT2D eigenvalue weighted by Crippen LogP contribution is -2.23. The van der Waals surface area contributed by atoms with Crippen LogP contribution in [0.2, 0.25) is 0 Å². The Labute approximate surface area is 84.3 Å². The summed E-state index contributed by atoms with van der Waals surface area (Å²) in [6, 6.07) is 0. The van der Waals surface area contributed by atoms with Crippen molar-refractivity contribution in [1.82, 2.24) is 9.78 Å². The maximum atomic E-state index is 12.3. The van der Waals surface area contributed by atoms with Crippen LogP contribution in [0.15, 0.2) is 6.20 Å². The maximum absolute atomic E-state index is 12.3. The molecule has 0 aliphatic carbocycles. The van der Waals surface area contributed by atoms with Gasteiger partial charge in [0.1, 0.15) is 5.69 Å². The van der Waals surface area contributed by atoms with E-state index in [2.05, 4.69) is 5.10 Å². The van der Waals surface area contributed by atoms with Crippen molar-refractivity contribution in [1.29, 1.82) is 0 Å². The number of methoxy groups -OCH3 is 1. The van der Waals surface area contributed by atoms with Gasteiger partial charge in [-0.3, -0.25) is 4.68 Å². The molecule has 0 aromatic carbocycles. The number of aliphatic hydroxyl groups is 1.